The van der Waals surface area contributed by atoms with Crippen LogP contribution in [0, 0.1) is 11.4 Å². The van der Waals surface area contributed by atoms with Gasteiger partial charge in [-0.15, -0.1) is 0 Å². The summed E-state index contributed by atoms with van der Waals surface area (Å²) in [5.74, 6) is 0.728. The predicted molar refractivity (Wildman–Crippen MR) is 70.6 cm³/mol. The van der Waals surface area contributed by atoms with Crippen molar-refractivity contribution in [2.75, 3.05) is 7.11 Å². The third-order valence-corrected chi connectivity index (χ3v) is 3.57. The summed E-state index contributed by atoms with van der Waals surface area (Å²) in [5.41, 5.74) is 2.45. The van der Waals surface area contributed by atoms with Gasteiger partial charge in [0.05, 0.1) is 28.3 Å². The minimum Gasteiger partial charge on any atom is -0.497 e. The Morgan fingerprint density at radius 2 is 2.22 bits per heavy atom. The van der Waals surface area contributed by atoms with Gasteiger partial charge >= 0.3 is 0 Å². The first-order valence-corrected chi connectivity index (χ1v) is 6.16. The number of aromatic nitrogens is 3. The van der Waals surface area contributed by atoms with Crippen LogP contribution in [-0.4, -0.2) is 26.5 Å². The minimum atomic E-state index is 0.480. The Morgan fingerprint density at radius 1 is 1.39 bits per heavy atom. The van der Waals surface area contributed by atoms with Crippen LogP contribution >= 0.6 is 0 Å². The van der Waals surface area contributed by atoms with Gasteiger partial charge in [-0.25, -0.2) is 4.21 Å². The molecular formula is C12H11N3O2S. The van der Waals surface area contributed by atoms with Gasteiger partial charge < -0.3 is 9.72 Å². The van der Waals surface area contributed by atoms with Crippen LogP contribution in [-0.2, 0) is 11.3 Å². The molecule has 0 saturated carbocycles. The van der Waals surface area contributed by atoms with Crippen LogP contribution in [0.3, 0.4) is 0 Å². The molecule has 0 radical (unpaired) electrons. The van der Waals surface area contributed by atoms with Crippen LogP contribution in [0.4, 0.5) is 0 Å². The van der Waals surface area contributed by atoms with Gasteiger partial charge in [-0.2, -0.15) is 5.10 Å². The number of aryl methyl sites for hydroxylation is 1. The average molecular weight is 261 g/mol. The van der Waals surface area contributed by atoms with Crippen molar-refractivity contribution < 1.29 is 8.95 Å². The van der Waals surface area contributed by atoms with E-state index in [-0.39, 0.29) is 0 Å². The average Bonchev–Trinajstić information content (AvgIpc) is 2.77. The van der Waals surface area contributed by atoms with E-state index in [1.54, 1.807) is 7.11 Å². The Bertz CT molecular complexity index is 844. The predicted octanol–water partition coefficient (Wildman–Crippen LogP) is 2.11. The molecule has 2 aromatic heterocycles. The Morgan fingerprint density at radius 3 is 2.94 bits per heavy atom. The smallest absolute Gasteiger partial charge is 0.161 e. The first-order chi connectivity index (χ1) is 8.74. The molecule has 0 amide bonds. The zero-order valence-electron chi connectivity index (χ0n) is 9.90. The molecule has 0 atom stereocenters. The summed E-state index contributed by atoms with van der Waals surface area (Å²) < 4.78 is 17.3. The number of ether oxygens (including phenoxy) is 1. The summed E-state index contributed by atoms with van der Waals surface area (Å²) in [6, 6.07) is 5.60. The zero-order valence-corrected chi connectivity index (χ0v) is 10.7. The van der Waals surface area contributed by atoms with Crippen molar-refractivity contribution in [3.63, 3.8) is 0 Å². The standard InChI is InChI=1S/C12H11N3O2S/c1-6-10-11(18-16)8-5-7(17-2)3-4-9(8)13-12(10)15-14-6/h3-5H,1-2H3,(H2,13,14,15). The second-order valence-corrected chi connectivity index (χ2v) is 4.60. The second kappa shape index (κ2) is 3.99. The van der Waals surface area contributed by atoms with E-state index in [2.05, 4.69) is 15.2 Å². The van der Waals surface area contributed by atoms with E-state index in [1.165, 1.54) is 0 Å². The van der Waals surface area contributed by atoms with Crippen LogP contribution in [0.25, 0.3) is 21.9 Å². The lowest BCUT2D eigenvalue weighted by molar-refractivity contribution is 0.415. The van der Waals surface area contributed by atoms with Gasteiger partial charge in [0.25, 0.3) is 0 Å². The number of fused-ring (bicyclic) bond motifs is 2. The van der Waals surface area contributed by atoms with Crippen LogP contribution in [0.1, 0.15) is 5.69 Å². The number of nitrogens with zero attached hydrogens (tertiary/aromatic N) is 1. The summed E-state index contributed by atoms with van der Waals surface area (Å²) in [6.45, 7) is 1.90. The van der Waals surface area contributed by atoms with Gasteiger partial charge in [0, 0.05) is 16.6 Å². The molecule has 3 rings (SSSR count). The van der Waals surface area contributed by atoms with E-state index >= 15 is 0 Å². The van der Waals surface area contributed by atoms with Gasteiger partial charge in [0.1, 0.15) is 5.75 Å². The quantitative estimate of drug-likeness (QED) is 0.659. The van der Waals surface area contributed by atoms with Crippen molar-refractivity contribution in [2.24, 2.45) is 0 Å². The highest BCUT2D eigenvalue weighted by molar-refractivity contribution is 7.57. The molecule has 0 unspecified atom stereocenters. The Hall–Kier alpha value is -2.08. The Kier molecular flexibility index (Phi) is 2.45. The fourth-order valence-corrected chi connectivity index (χ4v) is 2.69. The molecule has 5 nitrogen and oxygen atoms in total. The molecule has 0 fully saturated rings. The van der Waals surface area contributed by atoms with Gasteiger partial charge in [-0.1, -0.05) is 0 Å². The molecule has 0 saturated heterocycles. The molecule has 2 heterocycles. The molecule has 0 aliphatic rings. The lowest BCUT2D eigenvalue weighted by Crippen LogP contribution is -1.87. The van der Waals surface area contributed by atoms with E-state index in [0.717, 1.165) is 27.7 Å². The van der Waals surface area contributed by atoms with Crippen LogP contribution in [0.2, 0.25) is 0 Å². The van der Waals surface area contributed by atoms with Crippen molar-refractivity contribution in [1.82, 2.24) is 15.2 Å². The SMILES string of the molecule is COc1ccc2[nH]c3n[nH]c(C)c3c(=S=O)c2c1. The highest BCUT2D eigenvalue weighted by Gasteiger charge is 2.09. The number of nitrogens with one attached hydrogen (secondary N) is 2. The molecule has 1 aromatic carbocycles. The normalized spacial score (nSPS) is 11.0. The number of pyridine rings is 1. The van der Waals surface area contributed by atoms with Crippen molar-refractivity contribution in [3.05, 3.63) is 28.4 Å². The molecule has 92 valence electrons. The van der Waals surface area contributed by atoms with Crippen molar-refractivity contribution >= 4 is 33.2 Å². The highest BCUT2D eigenvalue weighted by atomic mass is 32.1. The molecule has 3 aromatic rings. The van der Waals surface area contributed by atoms with E-state index in [4.69, 9.17) is 4.74 Å². The molecule has 0 aliphatic carbocycles. The molecule has 0 bridgehead atoms. The number of hydrogen-bond donors (Lipinski definition) is 2. The zero-order chi connectivity index (χ0) is 12.7. The number of aromatic amines is 2. The van der Waals surface area contributed by atoms with Crippen LogP contribution < -0.4 is 4.74 Å². The first-order valence-electron chi connectivity index (χ1n) is 5.42. The first kappa shape index (κ1) is 11.0. The monoisotopic (exact) mass is 261 g/mol. The number of benzene rings is 1. The second-order valence-electron chi connectivity index (χ2n) is 4.02. The summed E-state index contributed by atoms with van der Waals surface area (Å²) in [6.07, 6.45) is 0. The maximum Gasteiger partial charge on any atom is 0.161 e. The molecule has 6 heteroatoms. The lowest BCUT2D eigenvalue weighted by Gasteiger charge is -2.03. The van der Waals surface area contributed by atoms with Crippen LogP contribution in [0.5, 0.6) is 5.75 Å². The summed E-state index contributed by atoms with van der Waals surface area (Å²) in [4.78, 5) is 3.21. The fourth-order valence-electron chi connectivity index (χ4n) is 2.09. The Balaban J connectivity index is 2.62. The van der Waals surface area contributed by atoms with Gasteiger partial charge in [-0.3, -0.25) is 5.10 Å². The topological polar surface area (TPSA) is 70.8 Å². The molecule has 18 heavy (non-hydrogen) atoms. The molecule has 0 aliphatic heterocycles. The van der Waals surface area contributed by atoms with Gasteiger partial charge in [-0.05, 0) is 25.1 Å². The molecular weight excluding hydrogens is 250 g/mol. The maximum atomic E-state index is 11.4. The van der Waals surface area contributed by atoms with E-state index in [1.807, 2.05) is 25.1 Å². The third-order valence-electron chi connectivity index (χ3n) is 2.98. The number of rotatable bonds is 1. The van der Waals surface area contributed by atoms with Crippen molar-refractivity contribution in [2.45, 2.75) is 6.92 Å². The summed E-state index contributed by atoms with van der Waals surface area (Å²) in [5, 5.41) is 8.74. The largest absolute Gasteiger partial charge is 0.497 e. The van der Waals surface area contributed by atoms with Crippen molar-refractivity contribution in [3.8, 4) is 5.75 Å². The Labute approximate surface area is 106 Å². The number of hydrogen-bond acceptors (Lipinski definition) is 3. The number of H-pyrrole nitrogens is 2. The van der Waals surface area contributed by atoms with E-state index in [9.17, 15) is 4.21 Å². The highest BCUT2D eigenvalue weighted by Crippen LogP contribution is 2.25. The molecule has 2 N–H and O–H groups in total. The molecule has 0 spiro atoms. The number of methoxy groups -OCH3 is 1. The summed E-state index contributed by atoms with van der Waals surface area (Å²) in [7, 11) is 1.61. The maximum absolute atomic E-state index is 11.4. The van der Waals surface area contributed by atoms with Gasteiger partial charge in [0.15, 0.2) is 5.65 Å². The lowest BCUT2D eigenvalue weighted by atomic mass is 10.1. The third kappa shape index (κ3) is 1.46. The van der Waals surface area contributed by atoms with E-state index < -0.39 is 0 Å². The summed E-state index contributed by atoms with van der Waals surface area (Å²) >= 11 is 0.480. The fraction of sp³-hybridized carbons (Fsp3) is 0.167. The van der Waals surface area contributed by atoms with Gasteiger partial charge in [0.2, 0.25) is 0 Å². The van der Waals surface area contributed by atoms with Crippen LogP contribution in [0.15, 0.2) is 18.2 Å². The van der Waals surface area contributed by atoms with E-state index in [0.29, 0.717) is 21.4 Å². The van der Waals surface area contributed by atoms with Crippen molar-refractivity contribution in [1.29, 1.82) is 0 Å². The minimum absolute atomic E-state index is 0.480.